The van der Waals surface area contributed by atoms with Crippen molar-refractivity contribution in [3.63, 3.8) is 0 Å². The summed E-state index contributed by atoms with van der Waals surface area (Å²) in [4.78, 5) is 28.8. The summed E-state index contributed by atoms with van der Waals surface area (Å²) < 4.78 is 0. The lowest BCUT2D eigenvalue weighted by atomic mass is 9.48. The van der Waals surface area contributed by atoms with E-state index in [4.69, 9.17) is 0 Å². The molecule has 1 N–H and O–H groups in total. The maximum atomic E-state index is 13.8. The Kier molecular flexibility index (Phi) is 3.05. The third-order valence-corrected chi connectivity index (χ3v) is 7.10. The van der Waals surface area contributed by atoms with Crippen LogP contribution in [0.1, 0.15) is 41.0 Å². The Hall–Kier alpha value is -3.40. The number of anilines is 1. The zero-order valence-electron chi connectivity index (χ0n) is 15.9. The first-order valence-corrected chi connectivity index (χ1v) is 9.88. The van der Waals surface area contributed by atoms with E-state index in [1.165, 1.54) is 11.0 Å². The molecule has 2 amide bonds. The molecule has 2 bridgehead atoms. The van der Waals surface area contributed by atoms with Crippen molar-refractivity contribution in [1.82, 2.24) is 0 Å². The van der Waals surface area contributed by atoms with Gasteiger partial charge in [0.15, 0.2) is 0 Å². The van der Waals surface area contributed by atoms with Crippen molar-refractivity contribution in [2.24, 2.45) is 11.3 Å². The second kappa shape index (κ2) is 5.35. The second-order valence-corrected chi connectivity index (χ2v) is 8.43. The molecule has 1 heterocycles. The molecule has 0 spiro atoms. The van der Waals surface area contributed by atoms with Gasteiger partial charge < -0.3 is 5.11 Å². The van der Waals surface area contributed by atoms with Crippen molar-refractivity contribution < 1.29 is 14.7 Å². The Balaban J connectivity index is 1.63. The smallest absolute Gasteiger partial charge is 0.241 e. The fraction of sp³-hybridized carbons (Fsp3) is 0.200. The van der Waals surface area contributed by atoms with Crippen LogP contribution in [0.25, 0.3) is 0 Å². The van der Waals surface area contributed by atoms with Gasteiger partial charge in [0.25, 0.3) is 0 Å². The quantitative estimate of drug-likeness (QED) is 0.644. The highest BCUT2D eigenvalue weighted by Gasteiger charge is 2.68. The molecule has 3 aromatic carbocycles. The number of carbonyl (C=O) groups excluding carboxylic acids is 2. The Morgan fingerprint density at radius 1 is 0.828 bits per heavy atom. The fourth-order valence-electron chi connectivity index (χ4n) is 5.99. The highest BCUT2D eigenvalue weighted by molar-refractivity contribution is 6.25. The molecule has 29 heavy (non-hydrogen) atoms. The minimum absolute atomic E-state index is 0.0395. The number of hydrogen-bond acceptors (Lipinski definition) is 3. The number of hydrogen-bond donors (Lipinski definition) is 1. The van der Waals surface area contributed by atoms with Crippen LogP contribution in [0.5, 0.6) is 5.75 Å². The van der Waals surface area contributed by atoms with Crippen LogP contribution in [0.15, 0.2) is 72.8 Å². The molecule has 1 aliphatic heterocycles. The fourth-order valence-corrected chi connectivity index (χ4v) is 5.99. The molecule has 3 aromatic rings. The number of amides is 2. The van der Waals surface area contributed by atoms with Crippen LogP contribution in [0.2, 0.25) is 0 Å². The van der Waals surface area contributed by atoms with Crippen molar-refractivity contribution in [2.75, 3.05) is 4.90 Å². The topological polar surface area (TPSA) is 57.6 Å². The maximum Gasteiger partial charge on any atom is 0.241 e. The minimum atomic E-state index is -0.851. The molecule has 1 fully saturated rings. The number of imide groups is 1. The van der Waals surface area contributed by atoms with E-state index in [1.807, 2.05) is 31.2 Å². The molecule has 0 saturated carbocycles. The summed E-state index contributed by atoms with van der Waals surface area (Å²) in [6.45, 7) is 1.95. The molecular weight excluding hydrogens is 362 g/mol. The Morgan fingerprint density at radius 2 is 1.41 bits per heavy atom. The van der Waals surface area contributed by atoms with Gasteiger partial charge in [0, 0.05) is 17.9 Å². The zero-order valence-corrected chi connectivity index (χ0v) is 15.9. The van der Waals surface area contributed by atoms with Crippen LogP contribution in [0.4, 0.5) is 5.69 Å². The summed E-state index contributed by atoms with van der Waals surface area (Å²) in [5, 5.41) is 9.92. The predicted molar refractivity (Wildman–Crippen MR) is 109 cm³/mol. The number of aromatic hydroxyl groups is 1. The average molecular weight is 381 g/mol. The summed E-state index contributed by atoms with van der Waals surface area (Å²) in [7, 11) is 0. The van der Waals surface area contributed by atoms with Crippen LogP contribution >= 0.6 is 0 Å². The maximum absolute atomic E-state index is 13.8. The van der Waals surface area contributed by atoms with Crippen LogP contribution in [-0.2, 0) is 9.59 Å². The molecular formula is C25H19NO3. The first-order valence-electron chi connectivity index (χ1n) is 9.88. The van der Waals surface area contributed by atoms with Gasteiger partial charge in [0.2, 0.25) is 11.8 Å². The highest BCUT2D eigenvalue weighted by atomic mass is 16.3. The summed E-state index contributed by atoms with van der Waals surface area (Å²) >= 11 is 0. The molecule has 2 unspecified atom stereocenters. The van der Waals surface area contributed by atoms with Crippen LogP contribution in [0.3, 0.4) is 0 Å². The van der Waals surface area contributed by atoms with E-state index in [0.29, 0.717) is 5.69 Å². The third kappa shape index (κ3) is 1.84. The van der Waals surface area contributed by atoms with Crippen molar-refractivity contribution >= 4 is 17.5 Å². The van der Waals surface area contributed by atoms with E-state index < -0.39 is 11.3 Å². The average Bonchev–Trinajstić information content (AvgIpc) is 2.94. The van der Waals surface area contributed by atoms with Crippen LogP contribution < -0.4 is 4.90 Å². The Bertz CT molecular complexity index is 1170. The third-order valence-electron chi connectivity index (χ3n) is 7.10. The SMILES string of the molecule is CC12C(=O)N(c3cccc(O)c3)C(=O)C1C1c3ccccc3C2c2ccccc21. The molecule has 0 aromatic heterocycles. The number of rotatable bonds is 1. The van der Waals surface area contributed by atoms with Gasteiger partial charge in [-0.2, -0.15) is 0 Å². The monoisotopic (exact) mass is 381 g/mol. The number of phenolic OH excluding ortho intramolecular Hbond substituents is 1. The molecule has 0 radical (unpaired) electrons. The van der Waals surface area contributed by atoms with Gasteiger partial charge in [-0.25, -0.2) is 4.90 Å². The normalized spacial score (nSPS) is 28.9. The molecule has 4 nitrogen and oxygen atoms in total. The van der Waals surface area contributed by atoms with Crippen molar-refractivity contribution in [3.8, 4) is 5.75 Å². The van der Waals surface area contributed by atoms with Gasteiger partial charge in [-0.3, -0.25) is 9.59 Å². The molecule has 4 aliphatic rings. The van der Waals surface area contributed by atoms with Gasteiger partial charge in [-0.15, -0.1) is 0 Å². The summed E-state index contributed by atoms with van der Waals surface area (Å²) in [5.74, 6) is -1.08. The molecule has 3 aliphatic carbocycles. The number of carbonyl (C=O) groups is 2. The van der Waals surface area contributed by atoms with E-state index in [0.717, 1.165) is 22.3 Å². The second-order valence-electron chi connectivity index (χ2n) is 8.43. The van der Waals surface area contributed by atoms with E-state index in [1.54, 1.807) is 18.2 Å². The van der Waals surface area contributed by atoms with Crippen molar-refractivity contribution in [2.45, 2.75) is 18.8 Å². The number of phenols is 1. The number of nitrogens with zero attached hydrogens (tertiary/aromatic N) is 1. The highest BCUT2D eigenvalue weighted by Crippen LogP contribution is 2.67. The van der Waals surface area contributed by atoms with Crippen molar-refractivity contribution in [3.05, 3.63) is 95.1 Å². The molecule has 2 atom stereocenters. The molecule has 7 rings (SSSR count). The Labute approximate surface area is 168 Å². The summed E-state index contributed by atoms with van der Waals surface area (Å²) in [6, 6.07) is 22.8. The molecule has 1 saturated heterocycles. The standard InChI is InChI=1S/C25H19NO3/c1-25-21-18-11-4-2-9-16(18)20(17-10-3-5-12-19(17)21)22(25)23(28)26(24(25)29)14-7-6-8-15(27)13-14/h2-13,20-22,27H,1H3. The van der Waals surface area contributed by atoms with E-state index in [2.05, 4.69) is 24.3 Å². The van der Waals surface area contributed by atoms with Gasteiger partial charge in [-0.05, 0) is 41.3 Å². The molecule has 4 heteroatoms. The van der Waals surface area contributed by atoms with E-state index in [9.17, 15) is 14.7 Å². The predicted octanol–water partition coefficient (Wildman–Crippen LogP) is 4.18. The lowest BCUT2D eigenvalue weighted by Crippen LogP contribution is -2.49. The Morgan fingerprint density at radius 3 is 2.00 bits per heavy atom. The van der Waals surface area contributed by atoms with Crippen molar-refractivity contribution in [1.29, 1.82) is 0 Å². The largest absolute Gasteiger partial charge is 0.508 e. The van der Waals surface area contributed by atoms with E-state index >= 15 is 0 Å². The summed E-state index contributed by atoms with van der Waals surface area (Å²) in [6.07, 6.45) is 0. The van der Waals surface area contributed by atoms with Crippen LogP contribution in [-0.4, -0.2) is 16.9 Å². The molecule has 142 valence electrons. The van der Waals surface area contributed by atoms with Gasteiger partial charge in [0.1, 0.15) is 5.75 Å². The van der Waals surface area contributed by atoms with Gasteiger partial charge in [-0.1, -0.05) is 54.6 Å². The zero-order chi connectivity index (χ0) is 19.9. The minimum Gasteiger partial charge on any atom is -0.508 e. The first kappa shape index (κ1) is 16.5. The lowest BCUT2D eigenvalue weighted by Gasteiger charge is -2.51. The first-order chi connectivity index (χ1) is 14.0. The van der Waals surface area contributed by atoms with Crippen LogP contribution in [0, 0.1) is 11.3 Å². The van der Waals surface area contributed by atoms with Gasteiger partial charge in [0.05, 0.1) is 17.0 Å². The number of benzene rings is 3. The summed E-state index contributed by atoms with van der Waals surface area (Å²) in [5.41, 5.74) is 4.18. The van der Waals surface area contributed by atoms with Gasteiger partial charge >= 0.3 is 0 Å². The lowest BCUT2D eigenvalue weighted by molar-refractivity contribution is -0.128. The van der Waals surface area contributed by atoms with E-state index in [-0.39, 0.29) is 29.4 Å².